The van der Waals surface area contributed by atoms with Crippen LogP contribution in [0.3, 0.4) is 0 Å². The summed E-state index contributed by atoms with van der Waals surface area (Å²) in [7, 11) is -3.79. The highest BCUT2D eigenvalue weighted by Crippen LogP contribution is 2.17. The predicted octanol–water partition coefficient (Wildman–Crippen LogP) is 4.27. The maximum absolute atomic E-state index is 12.2. The molecule has 0 saturated carbocycles. The summed E-state index contributed by atoms with van der Waals surface area (Å²) in [6, 6.07) is 18.8. The lowest BCUT2D eigenvalue weighted by molar-refractivity contribution is 0.0734. The van der Waals surface area contributed by atoms with Crippen LogP contribution in [0.5, 0.6) is 11.5 Å². The highest BCUT2D eigenvalue weighted by Gasteiger charge is 2.12. The largest absolute Gasteiger partial charge is 0.494 e. The summed E-state index contributed by atoms with van der Waals surface area (Å²) >= 11 is 5.76. The summed E-state index contributed by atoms with van der Waals surface area (Å²) in [6.07, 6.45) is 1.34. The molecule has 3 aromatic rings. The first-order valence-electron chi connectivity index (χ1n) is 9.23. The monoisotopic (exact) mass is 458 g/mol. The van der Waals surface area contributed by atoms with Crippen LogP contribution in [0.25, 0.3) is 0 Å². The van der Waals surface area contributed by atoms with Gasteiger partial charge in [0.05, 0.1) is 23.3 Å². The number of carbonyl (C=O) groups is 1. The van der Waals surface area contributed by atoms with Crippen molar-refractivity contribution in [1.82, 2.24) is 4.83 Å². The summed E-state index contributed by atoms with van der Waals surface area (Å²) in [4.78, 5) is 14.4. The first kappa shape index (κ1) is 22.3. The first-order valence-corrected chi connectivity index (χ1v) is 11.1. The van der Waals surface area contributed by atoms with Crippen molar-refractivity contribution >= 4 is 33.8 Å². The van der Waals surface area contributed by atoms with Crippen LogP contribution in [-0.4, -0.2) is 27.2 Å². The van der Waals surface area contributed by atoms with Crippen LogP contribution in [0, 0.1) is 0 Å². The zero-order valence-electron chi connectivity index (χ0n) is 16.5. The van der Waals surface area contributed by atoms with E-state index < -0.39 is 16.0 Å². The standard InChI is InChI=1S/C22H19ClN2O5S/c1-2-29-19-11-5-17(6-12-19)22(26)30-20-9-3-16(4-10-20)15-24-25-31(27,28)21-13-7-18(23)8-14-21/h3-15,25H,2H2,1H3/b24-15+. The van der Waals surface area contributed by atoms with Crippen molar-refractivity contribution in [3.63, 3.8) is 0 Å². The molecule has 0 heterocycles. The molecule has 0 amide bonds. The average molecular weight is 459 g/mol. The Morgan fingerprint density at radius 3 is 2.19 bits per heavy atom. The van der Waals surface area contributed by atoms with E-state index in [9.17, 15) is 13.2 Å². The molecular formula is C22H19ClN2O5S. The van der Waals surface area contributed by atoms with E-state index in [1.165, 1.54) is 30.5 Å². The van der Waals surface area contributed by atoms with Gasteiger partial charge in [0.1, 0.15) is 11.5 Å². The van der Waals surface area contributed by atoms with Gasteiger partial charge >= 0.3 is 5.97 Å². The van der Waals surface area contributed by atoms with Crippen molar-refractivity contribution in [3.8, 4) is 11.5 Å². The highest BCUT2D eigenvalue weighted by atomic mass is 35.5. The molecular weight excluding hydrogens is 440 g/mol. The Bertz CT molecular complexity index is 1160. The first-order chi connectivity index (χ1) is 14.9. The highest BCUT2D eigenvalue weighted by molar-refractivity contribution is 7.89. The van der Waals surface area contributed by atoms with E-state index in [-0.39, 0.29) is 4.90 Å². The Morgan fingerprint density at radius 2 is 1.58 bits per heavy atom. The summed E-state index contributed by atoms with van der Waals surface area (Å²) in [6.45, 7) is 2.42. The summed E-state index contributed by atoms with van der Waals surface area (Å²) in [5.74, 6) is 0.521. The van der Waals surface area contributed by atoms with Gasteiger partial charge in [0.25, 0.3) is 10.0 Å². The number of ether oxygens (including phenoxy) is 2. The molecule has 0 fully saturated rings. The number of hydrazone groups is 1. The fraction of sp³-hybridized carbons (Fsp3) is 0.0909. The molecule has 9 heteroatoms. The summed E-state index contributed by atoms with van der Waals surface area (Å²) in [5.41, 5.74) is 1.00. The van der Waals surface area contributed by atoms with E-state index in [1.807, 2.05) is 6.92 Å². The fourth-order valence-corrected chi connectivity index (χ4v) is 3.40. The van der Waals surface area contributed by atoms with Crippen LogP contribution in [0.4, 0.5) is 0 Å². The minimum Gasteiger partial charge on any atom is -0.494 e. The van der Waals surface area contributed by atoms with Gasteiger partial charge in [-0.2, -0.15) is 13.5 Å². The number of rotatable bonds is 8. The quantitative estimate of drug-likeness (QED) is 0.235. The van der Waals surface area contributed by atoms with Crippen LogP contribution >= 0.6 is 11.6 Å². The second-order valence-corrected chi connectivity index (χ2v) is 8.32. The maximum atomic E-state index is 12.2. The van der Waals surface area contributed by atoms with E-state index in [2.05, 4.69) is 9.93 Å². The lowest BCUT2D eigenvalue weighted by Gasteiger charge is -2.06. The molecule has 31 heavy (non-hydrogen) atoms. The lowest BCUT2D eigenvalue weighted by atomic mass is 10.2. The van der Waals surface area contributed by atoms with E-state index in [4.69, 9.17) is 21.1 Å². The average Bonchev–Trinajstić information content (AvgIpc) is 2.76. The Balaban J connectivity index is 1.58. The second-order valence-electron chi connectivity index (χ2n) is 6.22. The van der Waals surface area contributed by atoms with Crippen molar-refractivity contribution < 1.29 is 22.7 Å². The smallest absolute Gasteiger partial charge is 0.343 e. The van der Waals surface area contributed by atoms with Gasteiger partial charge in [0, 0.05) is 5.02 Å². The molecule has 0 aromatic heterocycles. The van der Waals surface area contributed by atoms with Crippen LogP contribution in [0.1, 0.15) is 22.8 Å². The van der Waals surface area contributed by atoms with Crippen molar-refractivity contribution in [2.45, 2.75) is 11.8 Å². The summed E-state index contributed by atoms with van der Waals surface area (Å²) in [5, 5.41) is 4.19. The van der Waals surface area contributed by atoms with E-state index in [1.54, 1.807) is 48.5 Å². The van der Waals surface area contributed by atoms with Gasteiger partial charge in [-0.25, -0.2) is 9.63 Å². The molecule has 0 aliphatic heterocycles. The normalized spacial score (nSPS) is 11.3. The maximum Gasteiger partial charge on any atom is 0.343 e. The zero-order chi connectivity index (χ0) is 22.3. The van der Waals surface area contributed by atoms with Gasteiger partial charge in [-0.1, -0.05) is 11.6 Å². The molecule has 0 radical (unpaired) electrons. The lowest BCUT2D eigenvalue weighted by Crippen LogP contribution is -2.18. The van der Waals surface area contributed by atoms with Crippen LogP contribution in [0.15, 0.2) is 82.8 Å². The van der Waals surface area contributed by atoms with Crippen LogP contribution in [-0.2, 0) is 10.0 Å². The molecule has 0 atom stereocenters. The van der Waals surface area contributed by atoms with Crippen molar-refractivity contribution in [2.75, 3.05) is 6.61 Å². The number of benzene rings is 3. The van der Waals surface area contributed by atoms with E-state index in [0.717, 1.165) is 0 Å². The Labute approximate surface area is 185 Å². The number of sulfonamides is 1. The van der Waals surface area contributed by atoms with Gasteiger partial charge in [-0.3, -0.25) is 0 Å². The molecule has 0 aliphatic rings. The minimum atomic E-state index is -3.79. The molecule has 0 unspecified atom stereocenters. The van der Waals surface area contributed by atoms with Crippen molar-refractivity contribution in [2.24, 2.45) is 5.10 Å². The SMILES string of the molecule is CCOc1ccc(C(=O)Oc2ccc(/C=N/NS(=O)(=O)c3ccc(Cl)cc3)cc2)cc1. The van der Waals surface area contributed by atoms with Gasteiger partial charge in [-0.15, -0.1) is 0 Å². The number of nitrogens with zero attached hydrogens (tertiary/aromatic N) is 1. The van der Waals surface area contributed by atoms with Gasteiger partial charge in [0.2, 0.25) is 0 Å². The number of halogens is 1. The minimum absolute atomic E-state index is 0.0469. The predicted molar refractivity (Wildman–Crippen MR) is 118 cm³/mol. The fourth-order valence-electron chi connectivity index (χ4n) is 2.48. The zero-order valence-corrected chi connectivity index (χ0v) is 18.1. The van der Waals surface area contributed by atoms with Gasteiger partial charge in [0.15, 0.2) is 0 Å². The second kappa shape index (κ2) is 10.1. The number of hydrogen-bond acceptors (Lipinski definition) is 6. The third-order valence-corrected chi connectivity index (χ3v) is 5.49. The van der Waals surface area contributed by atoms with Crippen molar-refractivity contribution in [3.05, 3.63) is 88.9 Å². The number of nitrogens with one attached hydrogen (secondary N) is 1. The van der Waals surface area contributed by atoms with Crippen LogP contribution < -0.4 is 14.3 Å². The Kier molecular flexibility index (Phi) is 7.28. The van der Waals surface area contributed by atoms with Gasteiger partial charge in [-0.05, 0) is 85.3 Å². The topological polar surface area (TPSA) is 94.1 Å². The Hall–Kier alpha value is -3.36. The Morgan fingerprint density at radius 1 is 0.968 bits per heavy atom. The molecule has 3 rings (SSSR count). The number of hydrogen-bond donors (Lipinski definition) is 1. The van der Waals surface area contributed by atoms with Crippen molar-refractivity contribution in [1.29, 1.82) is 0 Å². The van der Waals surface area contributed by atoms with Gasteiger partial charge < -0.3 is 9.47 Å². The third-order valence-electron chi connectivity index (χ3n) is 4.00. The van der Waals surface area contributed by atoms with Crippen LogP contribution in [0.2, 0.25) is 5.02 Å². The molecule has 1 N–H and O–H groups in total. The van der Waals surface area contributed by atoms with E-state index >= 15 is 0 Å². The number of esters is 1. The van der Waals surface area contributed by atoms with E-state index in [0.29, 0.717) is 34.3 Å². The molecule has 160 valence electrons. The molecule has 0 bridgehead atoms. The molecule has 0 aliphatic carbocycles. The summed E-state index contributed by atoms with van der Waals surface area (Å²) < 4.78 is 35.0. The molecule has 7 nitrogen and oxygen atoms in total. The molecule has 3 aromatic carbocycles. The molecule has 0 saturated heterocycles. The number of carbonyl (C=O) groups excluding carboxylic acids is 1. The third kappa shape index (κ3) is 6.31. The molecule has 0 spiro atoms.